The van der Waals surface area contributed by atoms with Crippen molar-refractivity contribution in [2.45, 2.75) is 38.7 Å². The average Bonchev–Trinajstić information content (AvgIpc) is 3.10. The van der Waals surface area contributed by atoms with Crippen LogP contribution in [0.2, 0.25) is 0 Å². The van der Waals surface area contributed by atoms with E-state index in [0.717, 1.165) is 29.7 Å². The summed E-state index contributed by atoms with van der Waals surface area (Å²) in [6, 6.07) is 7.20. The number of aromatic carboxylic acids is 1. The van der Waals surface area contributed by atoms with E-state index in [4.69, 9.17) is 14.4 Å². The Morgan fingerprint density at radius 1 is 1.38 bits per heavy atom. The first kappa shape index (κ1) is 13.7. The lowest BCUT2D eigenvalue weighted by Crippen LogP contribution is -2.11. The number of nitrogens with zero attached hydrogens (tertiary/aromatic N) is 1. The highest BCUT2D eigenvalue weighted by molar-refractivity contribution is 5.87. The van der Waals surface area contributed by atoms with Crippen LogP contribution in [0.1, 0.15) is 41.7 Å². The Morgan fingerprint density at radius 3 is 2.81 bits per heavy atom. The quantitative estimate of drug-likeness (QED) is 0.928. The minimum atomic E-state index is -1.10. The lowest BCUT2D eigenvalue weighted by Gasteiger charge is -2.16. The van der Waals surface area contributed by atoms with Gasteiger partial charge in [0.2, 0.25) is 0 Å². The van der Waals surface area contributed by atoms with Crippen molar-refractivity contribution in [3.05, 3.63) is 35.5 Å². The van der Waals surface area contributed by atoms with Gasteiger partial charge in [-0.1, -0.05) is 17.3 Å². The SMILES string of the molecule is Cc1cccc(OC2CCCC2)c1-c1cc(C(=O)O)no1. The van der Waals surface area contributed by atoms with E-state index in [1.54, 1.807) is 0 Å². The van der Waals surface area contributed by atoms with Crippen LogP contribution in [0.3, 0.4) is 0 Å². The summed E-state index contributed by atoms with van der Waals surface area (Å²) in [6.07, 6.45) is 4.73. The second kappa shape index (κ2) is 5.60. The third kappa shape index (κ3) is 2.77. The second-order valence-corrected chi connectivity index (χ2v) is 5.35. The first-order valence-electron chi connectivity index (χ1n) is 7.12. The molecule has 21 heavy (non-hydrogen) atoms. The Labute approximate surface area is 122 Å². The highest BCUT2D eigenvalue weighted by atomic mass is 16.5. The summed E-state index contributed by atoms with van der Waals surface area (Å²) in [5, 5.41) is 12.5. The Kier molecular flexibility index (Phi) is 3.64. The zero-order chi connectivity index (χ0) is 14.8. The van der Waals surface area contributed by atoms with Gasteiger partial charge in [0.15, 0.2) is 11.5 Å². The standard InChI is InChI=1S/C16H17NO4/c1-10-5-4-8-13(20-11-6-2-3-7-11)15(10)14-9-12(16(18)19)17-21-14/h4-5,8-9,11H,2-3,6-7H2,1H3,(H,18,19). The Morgan fingerprint density at radius 2 is 2.14 bits per heavy atom. The number of aromatic nitrogens is 1. The smallest absolute Gasteiger partial charge is 0.358 e. The Hall–Kier alpha value is -2.30. The van der Waals surface area contributed by atoms with E-state index in [2.05, 4.69) is 5.16 Å². The van der Waals surface area contributed by atoms with E-state index in [9.17, 15) is 4.79 Å². The minimum absolute atomic E-state index is 0.0972. The predicted molar refractivity (Wildman–Crippen MR) is 76.5 cm³/mol. The number of carboxylic acids is 1. The van der Waals surface area contributed by atoms with Crippen LogP contribution in [0.15, 0.2) is 28.8 Å². The molecule has 110 valence electrons. The van der Waals surface area contributed by atoms with Crippen LogP contribution in [0, 0.1) is 6.92 Å². The fourth-order valence-electron chi connectivity index (χ4n) is 2.73. The molecule has 0 atom stereocenters. The first-order chi connectivity index (χ1) is 10.1. The number of rotatable bonds is 4. The fourth-order valence-corrected chi connectivity index (χ4v) is 2.73. The highest BCUT2D eigenvalue weighted by Crippen LogP contribution is 2.36. The molecule has 1 N–H and O–H groups in total. The zero-order valence-corrected chi connectivity index (χ0v) is 11.8. The van der Waals surface area contributed by atoms with Crippen LogP contribution >= 0.6 is 0 Å². The van der Waals surface area contributed by atoms with Gasteiger partial charge in [0.25, 0.3) is 0 Å². The molecule has 0 amide bonds. The largest absolute Gasteiger partial charge is 0.490 e. The Balaban J connectivity index is 1.97. The van der Waals surface area contributed by atoms with E-state index >= 15 is 0 Å². The fraction of sp³-hybridized carbons (Fsp3) is 0.375. The van der Waals surface area contributed by atoms with Crippen molar-refractivity contribution in [2.24, 2.45) is 0 Å². The van der Waals surface area contributed by atoms with E-state index in [0.29, 0.717) is 5.76 Å². The monoisotopic (exact) mass is 287 g/mol. The molecule has 2 aromatic rings. The van der Waals surface area contributed by atoms with Gasteiger partial charge < -0.3 is 14.4 Å². The second-order valence-electron chi connectivity index (χ2n) is 5.35. The summed E-state index contributed by atoms with van der Waals surface area (Å²) in [7, 11) is 0. The van der Waals surface area contributed by atoms with Crippen LogP contribution in [0.4, 0.5) is 0 Å². The van der Waals surface area contributed by atoms with Gasteiger partial charge >= 0.3 is 5.97 Å². The topological polar surface area (TPSA) is 72.6 Å². The number of hydrogen-bond donors (Lipinski definition) is 1. The van der Waals surface area contributed by atoms with E-state index in [1.807, 2.05) is 25.1 Å². The maximum Gasteiger partial charge on any atom is 0.358 e. The minimum Gasteiger partial charge on any atom is -0.490 e. The summed E-state index contributed by atoms with van der Waals surface area (Å²) in [5.74, 6) is 0.0605. The number of carbonyl (C=O) groups is 1. The van der Waals surface area contributed by atoms with Gasteiger partial charge in [0.05, 0.1) is 11.7 Å². The van der Waals surface area contributed by atoms with Gasteiger partial charge in [0, 0.05) is 6.07 Å². The molecule has 1 aliphatic rings. The highest BCUT2D eigenvalue weighted by Gasteiger charge is 2.21. The number of aryl methyl sites for hydroxylation is 1. The van der Waals surface area contributed by atoms with Crippen molar-refractivity contribution in [1.82, 2.24) is 5.16 Å². The molecule has 3 rings (SSSR count). The van der Waals surface area contributed by atoms with Gasteiger partial charge in [-0.05, 0) is 44.2 Å². The molecule has 5 nitrogen and oxygen atoms in total. The van der Waals surface area contributed by atoms with Crippen LogP contribution < -0.4 is 4.74 Å². The molecule has 1 aliphatic carbocycles. The van der Waals surface area contributed by atoms with Gasteiger partial charge in [-0.15, -0.1) is 0 Å². The van der Waals surface area contributed by atoms with Crippen molar-refractivity contribution in [3.8, 4) is 17.1 Å². The van der Waals surface area contributed by atoms with Crippen LogP contribution in [-0.4, -0.2) is 22.3 Å². The predicted octanol–water partition coefficient (Wildman–Crippen LogP) is 3.67. The molecule has 0 unspecified atom stereocenters. The van der Waals surface area contributed by atoms with Gasteiger partial charge in [-0.3, -0.25) is 0 Å². The molecule has 0 bridgehead atoms. The molecule has 1 aromatic heterocycles. The maximum atomic E-state index is 10.9. The summed E-state index contributed by atoms with van der Waals surface area (Å²) >= 11 is 0. The first-order valence-corrected chi connectivity index (χ1v) is 7.12. The van der Waals surface area contributed by atoms with Crippen LogP contribution in [-0.2, 0) is 0 Å². The molecule has 1 fully saturated rings. The molecule has 0 radical (unpaired) electrons. The molecular weight excluding hydrogens is 270 g/mol. The molecule has 1 saturated carbocycles. The zero-order valence-electron chi connectivity index (χ0n) is 11.8. The molecule has 1 aromatic carbocycles. The lowest BCUT2D eigenvalue weighted by atomic mass is 10.0. The summed E-state index contributed by atoms with van der Waals surface area (Å²) in [4.78, 5) is 10.9. The molecular formula is C16H17NO4. The number of hydrogen-bond acceptors (Lipinski definition) is 4. The van der Waals surface area contributed by atoms with Crippen molar-refractivity contribution in [1.29, 1.82) is 0 Å². The Bertz CT molecular complexity index is 656. The number of ether oxygens (including phenoxy) is 1. The van der Waals surface area contributed by atoms with Crippen molar-refractivity contribution in [2.75, 3.05) is 0 Å². The summed E-state index contributed by atoms with van der Waals surface area (Å²) in [5.41, 5.74) is 1.66. The molecule has 0 aliphatic heterocycles. The average molecular weight is 287 g/mol. The molecule has 0 saturated heterocycles. The third-order valence-electron chi connectivity index (χ3n) is 3.81. The van der Waals surface area contributed by atoms with Crippen LogP contribution in [0.25, 0.3) is 11.3 Å². The van der Waals surface area contributed by atoms with Gasteiger partial charge in [-0.2, -0.15) is 0 Å². The van der Waals surface area contributed by atoms with Gasteiger partial charge in [-0.25, -0.2) is 4.79 Å². The maximum absolute atomic E-state index is 10.9. The molecule has 5 heteroatoms. The summed E-state index contributed by atoms with van der Waals surface area (Å²) in [6.45, 7) is 1.94. The van der Waals surface area contributed by atoms with Crippen molar-refractivity contribution < 1.29 is 19.2 Å². The molecule has 1 heterocycles. The van der Waals surface area contributed by atoms with Gasteiger partial charge in [0.1, 0.15) is 5.75 Å². The normalized spacial score (nSPS) is 15.3. The van der Waals surface area contributed by atoms with Crippen molar-refractivity contribution in [3.63, 3.8) is 0 Å². The van der Waals surface area contributed by atoms with E-state index in [1.165, 1.54) is 18.9 Å². The summed E-state index contributed by atoms with van der Waals surface area (Å²) < 4.78 is 11.3. The third-order valence-corrected chi connectivity index (χ3v) is 3.81. The molecule has 0 spiro atoms. The van der Waals surface area contributed by atoms with E-state index < -0.39 is 5.97 Å². The number of carboxylic acid groups (broad SMARTS) is 1. The van der Waals surface area contributed by atoms with E-state index in [-0.39, 0.29) is 11.8 Å². The lowest BCUT2D eigenvalue weighted by molar-refractivity contribution is 0.0686. The van der Waals surface area contributed by atoms with Crippen molar-refractivity contribution >= 4 is 5.97 Å². The van der Waals surface area contributed by atoms with Crippen LogP contribution in [0.5, 0.6) is 5.75 Å². The number of benzene rings is 1.